The minimum Gasteiger partial charge on any atom is -0.479 e. The first-order chi connectivity index (χ1) is 9.07. The van der Waals surface area contributed by atoms with Crippen LogP contribution in [0.1, 0.15) is 48.0 Å². The molecular formula is C14H24O4S2. The molecular weight excluding hydrogens is 296 g/mol. The monoisotopic (exact) mass is 320 g/mol. The highest BCUT2D eigenvalue weighted by Crippen LogP contribution is 2.27. The molecule has 0 bridgehead atoms. The van der Waals surface area contributed by atoms with Gasteiger partial charge in [0.1, 0.15) is 5.78 Å². The van der Waals surface area contributed by atoms with Gasteiger partial charge in [-0.3, -0.25) is 9.59 Å². The number of rotatable bonds is 6. The Bertz CT molecular complexity index is 361. The van der Waals surface area contributed by atoms with Crippen molar-refractivity contribution in [2.75, 3.05) is 6.61 Å². The Kier molecular flexibility index (Phi) is 8.35. The average Bonchev–Trinajstić information content (AvgIpc) is 2.27. The van der Waals surface area contributed by atoms with Crippen LogP contribution in [0.15, 0.2) is 0 Å². The zero-order valence-corrected chi connectivity index (χ0v) is 14.7. The Hall–Kier alpha value is -0.620. The smallest absolute Gasteiger partial charge is 0.312 e. The number of thiocarbonyl (C=S) groups is 1. The molecule has 0 rings (SSSR count). The summed E-state index contributed by atoms with van der Waals surface area (Å²) in [6.45, 7) is 11.0. The third-order valence-corrected chi connectivity index (χ3v) is 3.85. The molecule has 0 fully saturated rings. The molecule has 0 aromatic carbocycles. The molecule has 2 unspecified atom stereocenters. The number of esters is 1. The second-order valence-electron chi connectivity index (χ2n) is 5.63. The zero-order valence-electron chi connectivity index (χ0n) is 13.0. The van der Waals surface area contributed by atoms with Crippen LogP contribution in [0.4, 0.5) is 0 Å². The molecule has 20 heavy (non-hydrogen) atoms. The number of Topliss-reactive ketones (excluding diaryl/α,β-unsaturated/α-hetero) is 1. The summed E-state index contributed by atoms with van der Waals surface area (Å²) < 4.78 is 11.0. The van der Waals surface area contributed by atoms with Crippen molar-refractivity contribution >= 4 is 40.1 Å². The lowest BCUT2D eigenvalue weighted by atomic mass is 9.97. The molecule has 0 N–H and O–H groups in total. The molecule has 0 amide bonds. The standard InChI is InChI=1S/C14H24O4S2/c1-7-17-13(19)20-11(8-9(2)10(3)15)18-12(16)14(4,5)6/h9,11H,7-8H2,1-6H3. The lowest BCUT2D eigenvalue weighted by molar-refractivity contribution is -0.155. The summed E-state index contributed by atoms with van der Waals surface area (Å²) in [5.74, 6) is -0.445. The van der Waals surface area contributed by atoms with Crippen LogP contribution in [-0.4, -0.2) is 28.2 Å². The van der Waals surface area contributed by atoms with Crippen molar-refractivity contribution in [1.82, 2.24) is 0 Å². The molecule has 0 saturated heterocycles. The van der Waals surface area contributed by atoms with Crippen LogP contribution in [0, 0.1) is 11.3 Å². The molecule has 0 heterocycles. The van der Waals surface area contributed by atoms with Crippen molar-refractivity contribution in [2.24, 2.45) is 11.3 Å². The van der Waals surface area contributed by atoms with E-state index in [1.165, 1.54) is 18.7 Å². The van der Waals surface area contributed by atoms with Crippen LogP contribution in [0.25, 0.3) is 0 Å². The molecule has 0 spiro atoms. The van der Waals surface area contributed by atoms with Gasteiger partial charge >= 0.3 is 5.97 Å². The van der Waals surface area contributed by atoms with E-state index in [2.05, 4.69) is 0 Å². The van der Waals surface area contributed by atoms with Gasteiger partial charge in [-0.25, -0.2) is 0 Å². The van der Waals surface area contributed by atoms with Crippen molar-refractivity contribution in [3.63, 3.8) is 0 Å². The fourth-order valence-electron chi connectivity index (χ4n) is 1.13. The van der Waals surface area contributed by atoms with Crippen molar-refractivity contribution in [2.45, 2.75) is 53.4 Å². The topological polar surface area (TPSA) is 52.6 Å². The van der Waals surface area contributed by atoms with E-state index in [1.54, 1.807) is 20.8 Å². The van der Waals surface area contributed by atoms with Crippen molar-refractivity contribution in [3.05, 3.63) is 0 Å². The van der Waals surface area contributed by atoms with Crippen LogP contribution in [0.2, 0.25) is 0 Å². The van der Waals surface area contributed by atoms with Gasteiger partial charge in [0.2, 0.25) is 4.38 Å². The molecule has 0 aromatic rings. The van der Waals surface area contributed by atoms with Crippen molar-refractivity contribution < 1.29 is 19.1 Å². The summed E-state index contributed by atoms with van der Waals surface area (Å²) >= 11 is 6.23. The molecule has 0 aliphatic rings. The van der Waals surface area contributed by atoms with Gasteiger partial charge in [-0.1, -0.05) is 6.92 Å². The predicted octanol–water partition coefficient (Wildman–Crippen LogP) is 3.57. The van der Waals surface area contributed by atoms with Crippen LogP contribution < -0.4 is 0 Å². The lowest BCUT2D eigenvalue weighted by Crippen LogP contribution is -2.29. The number of thioether (sulfide) groups is 1. The van der Waals surface area contributed by atoms with Gasteiger partial charge in [-0.05, 0) is 58.6 Å². The molecule has 0 saturated carbocycles. The number of hydrogen-bond acceptors (Lipinski definition) is 6. The summed E-state index contributed by atoms with van der Waals surface area (Å²) in [5, 5.41) is 0. The molecule has 6 heteroatoms. The quantitative estimate of drug-likeness (QED) is 0.424. The highest BCUT2D eigenvalue weighted by Gasteiger charge is 2.29. The maximum Gasteiger partial charge on any atom is 0.312 e. The van der Waals surface area contributed by atoms with Crippen LogP contribution in [0.3, 0.4) is 0 Å². The van der Waals surface area contributed by atoms with Crippen LogP contribution in [0.5, 0.6) is 0 Å². The van der Waals surface area contributed by atoms with E-state index in [1.807, 2.05) is 13.8 Å². The summed E-state index contributed by atoms with van der Waals surface area (Å²) in [6.07, 6.45) is 0.426. The normalized spacial score (nSPS) is 14.3. The Morgan fingerprint density at radius 3 is 2.25 bits per heavy atom. The molecule has 0 aromatic heterocycles. The van der Waals surface area contributed by atoms with E-state index < -0.39 is 10.9 Å². The fourth-order valence-corrected chi connectivity index (χ4v) is 2.49. The van der Waals surface area contributed by atoms with E-state index in [4.69, 9.17) is 21.7 Å². The SMILES string of the molecule is CCOC(=S)SC(CC(C)C(C)=O)OC(=O)C(C)(C)C. The van der Waals surface area contributed by atoms with Gasteiger partial charge in [0, 0.05) is 12.3 Å². The molecule has 0 aliphatic heterocycles. The molecule has 0 aliphatic carbocycles. The Balaban J connectivity index is 4.74. The maximum atomic E-state index is 12.0. The van der Waals surface area contributed by atoms with E-state index in [0.717, 1.165) is 0 Å². The third kappa shape index (κ3) is 7.85. The Labute approximate surface area is 131 Å². The van der Waals surface area contributed by atoms with Crippen LogP contribution in [-0.2, 0) is 19.1 Å². The van der Waals surface area contributed by atoms with Gasteiger partial charge < -0.3 is 9.47 Å². The van der Waals surface area contributed by atoms with Crippen LogP contribution >= 0.6 is 24.0 Å². The van der Waals surface area contributed by atoms with Gasteiger partial charge in [-0.15, -0.1) is 0 Å². The number of carbonyl (C=O) groups excluding carboxylic acids is 2. The summed E-state index contributed by atoms with van der Waals surface area (Å²) in [4.78, 5) is 23.3. The lowest BCUT2D eigenvalue weighted by Gasteiger charge is -2.24. The molecule has 4 nitrogen and oxygen atoms in total. The van der Waals surface area contributed by atoms with E-state index in [9.17, 15) is 9.59 Å². The van der Waals surface area contributed by atoms with Gasteiger partial charge in [0.15, 0.2) is 5.44 Å². The molecule has 0 radical (unpaired) electrons. The minimum absolute atomic E-state index is 0.0599. The maximum absolute atomic E-state index is 12.0. The van der Waals surface area contributed by atoms with Gasteiger partial charge in [0.25, 0.3) is 0 Å². The number of ether oxygens (including phenoxy) is 2. The molecule has 116 valence electrons. The van der Waals surface area contributed by atoms with Crippen molar-refractivity contribution in [3.8, 4) is 0 Å². The second-order valence-corrected chi connectivity index (χ2v) is 7.39. The van der Waals surface area contributed by atoms with Crippen molar-refractivity contribution in [1.29, 1.82) is 0 Å². The number of ketones is 1. The summed E-state index contributed by atoms with van der Waals surface area (Å²) in [5.41, 5.74) is -1.09. The fraction of sp³-hybridized carbons (Fsp3) is 0.786. The third-order valence-electron chi connectivity index (χ3n) is 2.58. The minimum atomic E-state index is -0.592. The Morgan fingerprint density at radius 1 is 1.30 bits per heavy atom. The Morgan fingerprint density at radius 2 is 1.85 bits per heavy atom. The first-order valence-corrected chi connectivity index (χ1v) is 7.91. The number of hydrogen-bond donors (Lipinski definition) is 0. The molecule has 2 atom stereocenters. The predicted molar refractivity (Wildman–Crippen MR) is 85.6 cm³/mol. The van der Waals surface area contributed by atoms with E-state index in [-0.39, 0.29) is 17.7 Å². The second kappa shape index (κ2) is 8.62. The summed E-state index contributed by atoms with van der Waals surface area (Å²) in [7, 11) is 0. The van der Waals surface area contributed by atoms with E-state index >= 15 is 0 Å². The first-order valence-electron chi connectivity index (χ1n) is 6.62. The van der Waals surface area contributed by atoms with Gasteiger partial charge in [-0.2, -0.15) is 0 Å². The zero-order chi connectivity index (χ0) is 15.9. The highest BCUT2D eigenvalue weighted by molar-refractivity contribution is 8.22. The van der Waals surface area contributed by atoms with E-state index in [0.29, 0.717) is 17.4 Å². The largest absolute Gasteiger partial charge is 0.479 e. The highest BCUT2D eigenvalue weighted by atomic mass is 32.2. The average molecular weight is 320 g/mol. The number of carbonyl (C=O) groups is 2. The summed E-state index contributed by atoms with van der Waals surface area (Å²) in [6, 6.07) is 0. The first kappa shape index (κ1) is 19.4. The van der Waals surface area contributed by atoms with Gasteiger partial charge in [0.05, 0.1) is 12.0 Å².